The van der Waals surface area contributed by atoms with E-state index in [1.165, 1.54) is 0 Å². The zero-order valence-electron chi connectivity index (χ0n) is 14.2. The molecule has 0 aromatic heterocycles. The lowest BCUT2D eigenvalue weighted by Gasteiger charge is -2.29. The number of aliphatic imine (C=N–C) groups is 1. The summed E-state index contributed by atoms with van der Waals surface area (Å²) in [6, 6.07) is 5.66. The van der Waals surface area contributed by atoms with Gasteiger partial charge in [-0.2, -0.15) is 0 Å². The number of ether oxygens (including phenoxy) is 1. The Morgan fingerprint density at radius 2 is 2.09 bits per heavy atom. The summed E-state index contributed by atoms with van der Waals surface area (Å²) in [5.41, 5.74) is 1.51. The molecule has 6 heteroatoms. The van der Waals surface area contributed by atoms with Crippen LogP contribution in [0.1, 0.15) is 26.3 Å². The summed E-state index contributed by atoms with van der Waals surface area (Å²) >= 11 is 0. The van der Waals surface area contributed by atoms with Crippen LogP contribution in [0, 0.1) is 5.82 Å². The van der Waals surface area contributed by atoms with Crippen LogP contribution in [0.2, 0.25) is 0 Å². The minimum absolute atomic E-state index is 0.193. The lowest BCUT2D eigenvalue weighted by Crippen LogP contribution is -2.41. The molecular weight excluding hydrogens is 295 g/mol. The largest absolute Gasteiger partial charge is 0.378 e. The first-order chi connectivity index (χ1) is 11.1. The maximum atomic E-state index is 14.4. The quantitative estimate of drug-likeness (QED) is 0.644. The number of hydrogen-bond donors (Lipinski definition) is 2. The number of rotatable bonds is 5. The molecule has 0 radical (unpaired) electrons. The van der Waals surface area contributed by atoms with E-state index >= 15 is 0 Å². The third kappa shape index (κ3) is 5.39. The monoisotopic (exact) mass is 322 g/mol. The summed E-state index contributed by atoms with van der Waals surface area (Å²) in [5.74, 6) is 0.557. The molecule has 2 N–H and O–H groups in total. The number of hydrogen-bond acceptors (Lipinski definition) is 3. The second kappa shape index (κ2) is 8.72. The fourth-order valence-corrected chi connectivity index (χ4v) is 2.47. The number of morpholine rings is 1. The van der Waals surface area contributed by atoms with Crippen LogP contribution in [0.3, 0.4) is 0 Å². The van der Waals surface area contributed by atoms with Gasteiger partial charge in [0.25, 0.3) is 0 Å². The standard InChI is InChI=1S/C17H27FN4O/c1-4-19-17(21-13(2)3)20-12-14-5-6-16(15(18)11-14)22-7-9-23-10-8-22/h5-6,11,13H,4,7-10,12H2,1-3H3,(H2,19,20,21). The number of benzene rings is 1. The Labute approximate surface area is 137 Å². The molecule has 1 fully saturated rings. The Hall–Kier alpha value is -1.82. The first-order valence-corrected chi connectivity index (χ1v) is 8.26. The summed E-state index contributed by atoms with van der Waals surface area (Å²) in [6.45, 7) is 10.2. The molecule has 0 saturated carbocycles. The maximum absolute atomic E-state index is 14.4. The average Bonchev–Trinajstić information content (AvgIpc) is 2.53. The van der Waals surface area contributed by atoms with E-state index in [2.05, 4.69) is 29.5 Å². The molecule has 1 aliphatic rings. The van der Waals surface area contributed by atoms with Gasteiger partial charge in [-0.3, -0.25) is 0 Å². The van der Waals surface area contributed by atoms with Crippen molar-refractivity contribution in [2.24, 2.45) is 4.99 Å². The van der Waals surface area contributed by atoms with Crippen LogP contribution in [0.5, 0.6) is 0 Å². The number of nitrogens with one attached hydrogen (secondary N) is 2. The van der Waals surface area contributed by atoms with Gasteiger partial charge in [0.2, 0.25) is 0 Å². The van der Waals surface area contributed by atoms with E-state index in [0.717, 1.165) is 31.2 Å². The molecule has 1 saturated heterocycles. The molecule has 1 heterocycles. The smallest absolute Gasteiger partial charge is 0.191 e. The Morgan fingerprint density at radius 1 is 1.35 bits per heavy atom. The summed E-state index contributed by atoms with van der Waals surface area (Å²) in [6.07, 6.45) is 0. The number of guanidine groups is 1. The molecule has 23 heavy (non-hydrogen) atoms. The lowest BCUT2D eigenvalue weighted by atomic mass is 10.1. The molecular formula is C17H27FN4O. The summed E-state index contributed by atoms with van der Waals surface area (Å²) in [4.78, 5) is 6.53. The zero-order valence-corrected chi connectivity index (χ0v) is 14.2. The molecule has 128 valence electrons. The SMILES string of the molecule is CCNC(=NCc1ccc(N2CCOCC2)c(F)c1)NC(C)C. The van der Waals surface area contributed by atoms with Crippen LogP contribution < -0.4 is 15.5 Å². The van der Waals surface area contributed by atoms with Crippen molar-refractivity contribution >= 4 is 11.6 Å². The third-order valence-corrected chi connectivity index (χ3v) is 3.55. The fraction of sp³-hybridized carbons (Fsp3) is 0.588. The van der Waals surface area contributed by atoms with Gasteiger partial charge in [0, 0.05) is 25.7 Å². The van der Waals surface area contributed by atoms with E-state index in [1.807, 2.05) is 24.0 Å². The van der Waals surface area contributed by atoms with Gasteiger partial charge in [0.05, 0.1) is 25.4 Å². The van der Waals surface area contributed by atoms with E-state index in [4.69, 9.17) is 4.74 Å². The van der Waals surface area contributed by atoms with Gasteiger partial charge >= 0.3 is 0 Å². The number of halogens is 1. The van der Waals surface area contributed by atoms with Crippen LogP contribution in [-0.4, -0.2) is 44.8 Å². The highest BCUT2D eigenvalue weighted by atomic mass is 19.1. The summed E-state index contributed by atoms with van der Waals surface area (Å²) in [5, 5.41) is 6.44. The van der Waals surface area contributed by atoms with Gasteiger partial charge in [0.15, 0.2) is 5.96 Å². The lowest BCUT2D eigenvalue weighted by molar-refractivity contribution is 0.122. The molecule has 0 atom stereocenters. The van der Waals surface area contributed by atoms with E-state index in [1.54, 1.807) is 6.07 Å². The van der Waals surface area contributed by atoms with Crippen molar-refractivity contribution in [3.8, 4) is 0 Å². The van der Waals surface area contributed by atoms with Crippen LogP contribution in [0.4, 0.5) is 10.1 Å². The van der Waals surface area contributed by atoms with Gasteiger partial charge < -0.3 is 20.3 Å². The molecule has 1 aliphatic heterocycles. The highest BCUT2D eigenvalue weighted by Gasteiger charge is 2.15. The fourth-order valence-electron chi connectivity index (χ4n) is 2.47. The average molecular weight is 322 g/mol. The van der Waals surface area contributed by atoms with E-state index < -0.39 is 0 Å². The number of nitrogens with zero attached hydrogens (tertiary/aromatic N) is 2. The van der Waals surface area contributed by atoms with E-state index in [9.17, 15) is 4.39 Å². The molecule has 0 spiro atoms. The molecule has 1 aromatic rings. The molecule has 5 nitrogen and oxygen atoms in total. The number of anilines is 1. The first-order valence-electron chi connectivity index (χ1n) is 8.26. The van der Waals surface area contributed by atoms with Crippen LogP contribution in [0.25, 0.3) is 0 Å². The van der Waals surface area contributed by atoms with Gasteiger partial charge in [-0.25, -0.2) is 9.38 Å². The molecule has 0 bridgehead atoms. The minimum atomic E-state index is -0.193. The Balaban J connectivity index is 2.04. The van der Waals surface area contributed by atoms with Crippen molar-refractivity contribution in [3.05, 3.63) is 29.6 Å². The normalized spacial score (nSPS) is 15.9. The summed E-state index contributed by atoms with van der Waals surface area (Å²) in [7, 11) is 0. The molecule has 0 amide bonds. The maximum Gasteiger partial charge on any atom is 0.191 e. The van der Waals surface area contributed by atoms with Crippen molar-refractivity contribution in [3.63, 3.8) is 0 Å². The Morgan fingerprint density at radius 3 is 2.70 bits per heavy atom. The third-order valence-electron chi connectivity index (χ3n) is 3.55. The molecule has 2 rings (SSSR count). The van der Waals surface area contributed by atoms with Gasteiger partial charge in [-0.15, -0.1) is 0 Å². The van der Waals surface area contributed by atoms with Gasteiger partial charge in [-0.05, 0) is 38.5 Å². The highest BCUT2D eigenvalue weighted by molar-refractivity contribution is 5.80. The zero-order chi connectivity index (χ0) is 16.7. The topological polar surface area (TPSA) is 48.9 Å². The van der Waals surface area contributed by atoms with Gasteiger partial charge in [0.1, 0.15) is 5.82 Å². The second-order valence-corrected chi connectivity index (χ2v) is 5.88. The molecule has 0 aliphatic carbocycles. The van der Waals surface area contributed by atoms with Crippen molar-refractivity contribution in [1.82, 2.24) is 10.6 Å². The van der Waals surface area contributed by atoms with Crippen LogP contribution in [0.15, 0.2) is 23.2 Å². The Kier molecular flexibility index (Phi) is 6.65. The van der Waals surface area contributed by atoms with E-state index in [-0.39, 0.29) is 5.82 Å². The van der Waals surface area contributed by atoms with Crippen molar-refractivity contribution in [1.29, 1.82) is 0 Å². The van der Waals surface area contributed by atoms with Gasteiger partial charge in [-0.1, -0.05) is 6.07 Å². The predicted molar refractivity (Wildman–Crippen MR) is 92.5 cm³/mol. The predicted octanol–water partition coefficient (Wildman–Crippen LogP) is 2.13. The van der Waals surface area contributed by atoms with Crippen LogP contribution in [-0.2, 0) is 11.3 Å². The van der Waals surface area contributed by atoms with E-state index in [0.29, 0.717) is 31.5 Å². The van der Waals surface area contributed by atoms with Crippen molar-refractivity contribution in [2.75, 3.05) is 37.7 Å². The highest BCUT2D eigenvalue weighted by Crippen LogP contribution is 2.21. The molecule has 0 unspecified atom stereocenters. The van der Waals surface area contributed by atoms with Crippen LogP contribution >= 0.6 is 0 Å². The Bertz CT molecular complexity index is 527. The molecule has 1 aromatic carbocycles. The second-order valence-electron chi connectivity index (χ2n) is 5.88. The van der Waals surface area contributed by atoms with Crippen molar-refractivity contribution < 1.29 is 9.13 Å². The van der Waals surface area contributed by atoms with Crippen molar-refractivity contribution in [2.45, 2.75) is 33.4 Å². The summed E-state index contributed by atoms with van der Waals surface area (Å²) < 4.78 is 19.7. The first kappa shape index (κ1) is 17.5. The minimum Gasteiger partial charge on any atom is -0.378 e.